The number of fused-ring (bicyclic) bond motifs is 1. The van der Waals surface area contributed by atoms with Gasteiger partial charge in [-0.25, -0.2) is 0 Å². The summed E-state index contributed by atoms with van der Waals surface area (Å²) < 4.78 is 0. The lowest BCUT2D eigenvalue weighted by Gasteiger charge is -2.21. The number of halogens is 1. The Morgan fingerprint density at radius 2 is 1.97 bits per heavy atom. The van der Waals surface area contributed by atoms with E-state index < -0.39 is 12.1 Å². The standard InChI is InChI=1S/C24H18ClN3O3S/c25-16-8-9-20(32)18(12-16)22(29)27-19-3-1-2-17-21(19)24(31)28(23(17)30)13-15-6-4-14(5-7-15)10-11-26/h1-8,12,23,30H,9-10,13H2,(H,27,29). The summed E-state index contributed by atoms with van der Waals surface area (Å²) in [7, 11) is 0. The SMILES string of the molecule is N#CCc1ccc(CN2C(=O)c3c(NC(=O)C4=CC(Cl)=CCC4=S)cccc3C2O)cc1. The number of anilines is 1. The van der Waals surface area contributed by atoms with Gasteiger partial charge in [-0.15, -0.1) is 0 Å². The van der Waals surface area contributed by atoms with Gasteiger partial charge in [0.25, 0.3) is 11.8 Å². The van der Waals surface area contributed by atoms with Crippen LogP contribution in [-0.2, 0) is 17.8 Å². The van der Waals surface area contributed by atoms with Gasteiger partial charge in [0.05, 0.1) is 29.3 Å². The van der Waals surface area contributed by atoms with E-state index in [0.717, 1.165) is 11.1 Å². The van der Waals surface area contributed by atoms with Gasteiger partial charge in [-0.2, -0.15) is 5.26 Å². The van der Waals surface area contributed by atoms with E-state index in [1.807, 2.05) is 24.3 Å². The molecule has 2 aromatic carbocycles. The van der Waals surface area contributed by atoms with Crippen LogP contribution in [0.3, 0.4) is 0 Å². The van der Waals surface area contributed by atoms with Crippen LogP contribution in [0.25, 0.3) is 0 Å². The number of nitriles is 1. The lowest BCUT2D eigenvalue weighted by atomic mass is 10.0. The highest BCUT2D eigenvalue weighted by molar-refractivity contribution is 7.81. The van der Waals surface area contributed by atoms with Crippen molar-refractivity contribution in [3.8, 4) is 6.07 Å². The topological polar surface area (TPSA) is 93.4 Å². The molecule has 8 heteroatoms. The molecule has 6 nitrogen and oxygen atoms in total. The number of benzene rings is 2. The average Bonchev–Trinajstić information content (AvgIpc) is 3.02. The number of thiocarbonyl (C=S) groups is 1. The zero-order valence-corrected chi connectivity index (χ0v) is 18.4. The molecule has 0 saturated carbocycles. The van der Waals surface area contributed by atoms with Gasteiger partial charge < -0.3 is 15.3 Å². The van der Waals surface area contributed by atoms with E-state index in [-0.39, 0.29) is 23.6 Å². The van der Waals surface area contributed by atoms with Crippen LogP contribution in [0, 0.1) is 11.3 Å². The highest BCUT2D eigenvalue weighted by atomic mass is 35.5. The molecule has 0 saturated heterocycles. The van der Waals surface area contributed by atoms with Crippen LogP contribution in [-0.4, -0.2) is 26.7 Å². The lowest BCUT2D eigenvalue weighted by Crippen LogP contribution is -2.28. The second-order valence-electron chi connectivity index (χ2n) is 7.46. The predicted octanol–water partition coefficient (Wildman–Crippen LogP) is 4.16. The number of hydrogen-bond donors (Lipinski definition) is 2. The smallest absolute Gasteiger partial charge is 0.259 e. The molecule has 1 unspecified atom stereocenters. The van der Waals surface area contributed by atoms with Crippen LogP contribution >= 0.6 is 23.8 Å². The first-order valence-electron chi connectivity index (χ1n) is 9.87. The number of amides is 2. The monoisotopic (exact) mass is 463 g/mol. The Balaban J connectivity index is 1.57. The van der Waals surface area contributed by atoms with E-state index in [1.165, 1.54) is 11.0 Å². The number of aliphatic hydroxyl groups excluding tert-OH is 1. The normalized spacial score (nSPS) is 17.4. The number of nitrogens with zero attached hydrogens (tertiary/aromatic N) is 2. The highest BCUT2D eigenvalue weighted by Gasteiger charge is 2.37. The second kappa shape index (κ2) is 9.05. The molecule has 1 aliphatic carbocycles. The molecule has 0 bridgehead atoms. The van der Waals surface area contributed by atoms with Gasteiger partial charge in [-0.1, -0.05) is 66.3 Å². The fourth-order valence-electron chi connectivity index (χ4n) is 3.72. The highest BCUT2D eigenvalue weighted by Crippen LogP contribution is 2.37. The lowest BCUT2D eigenvalue weighted by molar-refractivity contribution is -0.112. The number of nitrogens with one attached hydrogen (secondary N) is 1. The van der Waals surface area contributed by atoms with Crippen molar-refractivity contribution < 1.29 is 14.7 Å². The third-order valence-electron chi connectivity index (χ3n) is 5.36. The average molecular weight is 464 g/mol. The Morgan fingerprint density at radius 3 is 2.69 bits per heavy atom. The largest absolute Gasteiger partial charge is 0.369 e. The maximum absolute atomic E-state index is 13.2. The first-order valence-corrected chi connectivity index (χ1v) is 10.7. The van der Waals surface area contributed by atoms with Crippen molar-refractivity contribution >= 4 is 46.2 Å². The molecule has 2 amide bonds. The van der Waals surface area contributed by atoms with Gasteiger partial charge in [0, 0.05) is 28.4 Å². The first kappa shape index (κ1) is 21.9. The number of rotatable bonds is 5. The second-order valence-corrected chi connectivity index (χ2v) is 8.39. The Bertz CT molecular complexity index is 1230. The van der Waals surface area contributed by atoms with Gasteiger partial charge in [0.15, 0.2) is 6.23 Å². The molecule has 160 valence electrons. The van der Waals surface area contributed by atoms with E-state index in [1.54, 1.807) is 24.3 Å². The number of carbonyl (C=O) groups is 2. The van der Waals surface area contributed by atoms with Crippen LogP contribution in [0.1, 0.15) is 39.7 Å². The minimum atomic E-state index is -1.14. The minimum absolute atomic E-state index is 0.185. The Hall–Kier alpha value is -3.31. The van der Waals surface area contributed by atoms with Crippen molar-refractivity contribution in [3.63, 3.8) is 0 Å². The van der Waals surface area contributed by atoms with Gasteiger partial charge in [0.1, 0.15) is 0 Å². The Morgan fingerprint density at radius 1 is 1.25 bits per heavy atom. The Kier molecular flexibility index (Phi) is 6.19. The van der Waals surface area contributed by atoms with Crippen molar-refractivity contribution in [2.24, 2.45) is 0 Å². The fraction of sp³-hybridized carbons (Fsp3) is 0.167. The van der Waals surface area contributed by atoms with E-state index in [9.17, 15) is 14.7 Å². The molecular weight excluding hydrogens is 446 g/mol. The predicted molar refractivity (Wildman–Crippen MR) is 125 cm³/mol. The van der Waals surface area contributed by atoms with E-state index in [0.29, 0.717) is 34.0 Å². The quantitative estimate of drug-likeness (QED) is 0.649. The third kappa shape index (κ3) is 4.21. The molecule has 1 aliphatic heterocycles. The van der Waals surface area contributed by atoms with Gasteiger partial charge in [-0.05, 0) is 23.3 Å². The summed E-state index contributed by atoms with van der Waals surface area (Å²) in [6.45, 7) is 0.185. The maximum atomic E-state index is 13.2. The third-order valence-corrected chi connectivity index (χ3v) is 6.01. The fourth-order valence-corrected chi connectivity index (χ4v) is 4.14. The van der Waals surface area contributed by atoms with Crippen molar-refractivity contribution in [3.05, 3.63) is 87.5 Å². The van der Waals surface area contributed by atoms with Gasteiger partial charge in [0.2, 0.25) is 0 Å². The van der Waals surface area contributed by atoms with Crippen LogP contribution in [0.5, 0.6) is 0 Å². The molecule has 1 atom stereocenters. The maximum Gasteiger partial charge on any atom is 0.259 e. The molecule has 0 aromatic heterocycles. The summed E-state index contributed by atoms with van der Waals surface area (Å²) >= 11 is 11.3. The zero-order valence-electron chi connectivity index (χ0n) is 16.8. The number of hydrogen-bond acceptors (Lipinski definition) is 5. The molecule has 2 aromatic rings. The number of allylic oxidation sites excluding steroid dienone is 3. The molecular formula is C24H18ClN3O3S. The van der Waals surface area contributed by atoms with Crippen LogP contribution in [0.4, 0.5) is 5.69 Å². The summed E-state index contributed by atoms with van der Waals surface area (Å²) in [5.74, 6) is -0.842. The summed E-state index contributed by atoms with van der Waals surface area (Å²) in [5, 5.41) is 22.8. The molecule has 0 radical (unpaired) electrons. The van der Waals surface area contributed by atoms with Crippen LogP contribution in [0.2, 0.25) is 0 Å². The van der Waals surface area contributed by atoms with E-state index in [2.05, 4.69) is 11.4 Å². The molecule has 0 fully saturated rings. The zero-order chi connectivity index (χ0) is 22.8. The van der Waals surface area contributed by atoms with E-state index >= 15 is 0 Å². The van der Waals surface area contributed by atoms with Gasteiger partial charge >= 0.3 is 0 Å². The van der Waals surface area contributed by atoms with Crippen molar-refractivity contribution in [2.45, 2.75) is 25.6 Å². The molecule has 1 heterocycles. The number of carbonyl (C=O) groups excluding carboxylic acids is 2. The van der Waals surface area contributed by atoms with Crippen molar-refractivity contribution in [2.75, 3.05) is 5.32 Å². The molecule has 0 spiro atoms. The number of aliphatic hydroxyl groups is 1. The summed E-state index contributed by atoms with van der Waals surface area (Å²) in [5.41, 5.74) is 2.95. The first-order chi connectivity index (χ1) is 15.4. The van der Waals surface area contributed by atoms with Crippen LogP contribution in [0.15, 0.2) is 65.2 Å². The van der Waals surface area contributed by atoms with Crippen molar-refractivity contribution in [1.29, 1.82) is 5.26 Å². The molecule has 2 N–H and O–H groups in total. The van der Waals surface area contributed by atoms with E-state index in [4.69, 9.17) is 29.1 Å². The Labute approximate surface area is 195 Å². The molecule has 32 heavy (non-hydrogen) atoms. The summed E-state index contributed by atoms with van der Waals surface area (Å²) in [6.07, 6.45) is 2.80. The minimum Gasteiger partial charge on any atom is -0.369 e. The molecule has 4 rings (SSSR count). The summed E-state index contributed by atoms with van der Waals surface area (Å²) in [4.78, 5) is 27.8. The van der Waals surface area contributed by atoms with Crippen molar-refractivity contribution in [1.82, 2.24) is 4.90 Å². The summed E-state index contributed by atoms with van der Waals surface area (Å²) in [6, 6.07) is 14.3. The molecule has 2 aliphatic rings. The van der Waals surface area contributed by atoms with Gasteiger partial charge in [-0.3, -0.25) is 9.59 Å². The van der Waals surface area contributed by atoms with Crippen LogP contribution < -0.4 is 5.32 Å².